The van der Waals surface area contributed by atoms with Crippen molar-refractivity contribution in [3.05, 3.63) is 107 Å². The van der Waals surface area contributed by atoms with Gasteiger partial charge in [0.2, 0.25) is 5.91 Å². The quantitative estimate of drug-likeness (QED) is 0.413. The molecule has 0 saturated carbocycles. The third-order valence-corrected chi connectivity index (χ3v) is 10.1. The van der Waals surface area contributed by atoms with Crippen molar-refractivity contribution in [2.75, 3.05) is 17.4 Å². The Balaban J connectivity index is 1.56. The summed E-state index contributed by atoms with van der Waals surface area (Å²) < 4.78 is 42.9. The molecule has 0 aromatic heterocycles. The smallest absolute Gasteiger partial charge is 0.264 e. The molecule has 3 aromatic rings. The molecule has 7 nitrogen and oxygen atoms in total. The Kier molecular flexibility index (Phi) is 7.46. The van der Waals surface area contributed by atoms with E-state index in [1.807, 2.05) is 18.2 Å². The molecule has 1 N–H and O–H groups in total. The average molecular weight is 582 g/mol. The second kappa shape index (κ2) is 10.7. The maximum atomic E-state index is 14.0. The van der Waals surface area contributed by atoms with Gasteiger partial charge in [0, 0.05) is 42.6 Å². The van der Waals surface area contributed by atoms with Crippen LogP contribution >= 0.6 is 11.6 Å². The molecular weight excluding hydrogens is 553 g/mol. The zero-order valence-electron chi connectivity index (χ0n) is 21.9. The molecular formula is C30H29ClFN3O4S. The molecule has 1 spiro atoms. The van der Waals surface area contributed by atoms with Gasteiger partial charge in [-0.05, 0) is 72.5 Å². The maximum Gasteiger partial charge on any atom is 0.264 e. The summed E-state index contributed by atoms with van der Waals surface area (Å²) in [6.45, 7) is 6.61. The van der Waals surface area contributed by atoms with Crippen molar-refractivity contribution < 1.29 is 22.4 Å². The molecule has 40 heavy (non-hydrogen) atoms. The van der Waals surface area contributed by atoms with E-state index in [2.05, 4.69) is 11.9 Å². The predicted octanol–water partition coefficient (Wildman–Crippen LogP) is 5.05. The zero-order chi connectivity index (χ0) is 28.7. The summed E-state index contributed by atoms with van der Waals surface area (Å²) in [5.41, 5.74) is 1.58. The Morgan fingerprint density at radius 3 is 2.40 bits per heavy atom. The molecule has 2 amide bonds. The van der Waals surface area contributed by atoms with E-state index in [-0.39, 0.29) is 23.3 Å². The number of carbonyl (C=O) groups excluding carboxylic acids is 2. The van der Waals surface area contributed by atoms with Crippen molar-refractivity contribution >= 4 is 39.1 Å². The van der Waals surface area contributed by atoms with Gasteiger partial charge in [0.05, 0.1) is 16.6 Å². The normalized spacial score (nSPS) is 17.9. The molecule has 1 unspecified atom stereocenters. The van der Waals surface area contributed by atoms with Crippen molar-refractivity contribution in [3.63, 3.8) is 0 Å². The van der Waals surface area contributed by atoms with Crippen LogP contribution in [0, 0.1) is 5.82 Å². The second-order valence-electron chi connectivity index (χ2n) is 10.1. The number of hydrogen-bond acceptors (Lipinski definition) is 4. The van der Waals surface area contributed by atoms with Crippen LogP contribution in [0.15, 0.2) is 84.3 Å². The van der Waals surface area contributed by atoms with E-state index in [1.165, 1.54) is 23.4 Å². The van der Waals surface area contributed by atoms with Gasteiger partial charge < -0.3 is 10.2 Å². The fourth-order valence-corrected chi connectivity index (χ4v) is 7.74. The molecule has 1 fully saturated rings. The lowest BCUT2D eigenvalue weighted by Gasteiger charge is -2.43. The predicted molar refractivity (Wildman–Crippen MR) is 152 cm³/mol. The van der Waals surface area contributed by atoms with E-state index in [0.717, 1.165) is 17.7 Å². The van der Waals surface area contributed by atoms with Crippen LogP contribution in [0.1, 0.15) is 41.3 Å². The van der Waals surface area contributed by atoms with E-state index in [4.69, 9.17) is 11.6 Å². The first kappa shape index (κ1) is 27.9. The highest BCUT2D eigenvalue weighted by Crippen LogP contribution is 2.53. The molecule has 3 aromatic carbocycles. The number of anilines is 1. The summed E-state index contributed by atoms with van der Waals surface area (Å²) in [5, 5.41) is 3.44. The lowest BCUT2D eigenvalue weighted by atomic mass is 9.69. The van der Waals surface area contributed by atoms with Crippen LogP contribution in [0.3, 0.4) is 0 Å². The minimum Gasteiger partial charge on any atom is -0.348 e. The van der Waals surface area contributed by atoms with Gasteiger partial charge in [-0.3, -0.25) is 13.9 Å². The molecule has 1 atom stereocenters. The molecule has 1 saturated heterocycles. The van der Waals surface area contributed by atoms with Crippen LogP contribution in [0.4, 0.5) is 10.1 Å². The number of amides is 2. The summed E-state index contributed by atoms with van der Waals surface area (Å²) in [7, 11) is -4.12. The highest BCUT2D eigenvalue weighted by atomic mass is 35.5. The molecule has 10 heteroatoms. The van der Waals surface area contributed by atoms with E-state index >= 15 is 0 Å². The van der Waals surface area contributed by atoms with Gasteiger partial charge in [-0.2, -0.15) is 0 Å². The van der Waals surface area contributed by atoms with Gasteiger partial charge in [-0.1, -0.05) is 35.9 Å². The van der Waals surface area contributed by atoms with Gasteiger partial charge >= 0.3 is 0 Å². The molecule has 0 radical (unpaired) electrons. The number of carbonyl (C=O) groups is 2. The number of hydrogen-bond donors (Lipinski definition) is 1. The molecule has 2 heterocycles. The third-order valence-electron chi connectivity index (χ3n) is 7.94. The number of halogens is 2. The number of likely N-dealkylation sites (tertiary alicyclic amines) is 1. The first-order valence-electron chi connectivity index (χ1n) is 12.9. The Hall–Kier alpha value is -3.69. The first-order chi connectivity index (χ1) is 19.1. The van der Waals surface area contributed by atoms with Crippen LogP contribution in [0.5, 0.6) is 0 Å². The number of nitrogens with one attached hydrogen (secondary N) is 1. The van der Waals surface area contributed by atoms with Gasteiger partial charge in [0.15, 0.2) is 0 Å². The third kappa shape index (κ3) is 4.77. The minimum atomic E-state index is -4.12. The van der Waals surface area contributed by atoms with Crippen LogP contribution in [-0.4, -0.2) is 44.3 Å². The first-order valence-corrected chi connectivity index (χ1v) is 14.7. The number of piperidine rings is 1. The lowest BCUT2D eigenvalue weighted by molar-refractivity contribution is -0.130. The largest absolute Gasteiger partial charge is 0.348 e. The van der Waals surface area contributed by atoms with E-state index < -0.39 is 27.3 Å². The fraction of sp³-hybridized carbons (Fsp3) is 0.267. The number of sulfonamides is 1. The average Bonchev–Trinajstić information content (AvgIpc) is 3.21. The second-order valence-corrected chi connectivity index (χ2v) is 12.3. The van der Waals surface area contributed by atoms with Crippen molar-refractivity contribution in [1.29, 1.82) is 0 Å². The molecule has 0 bridgehead atoms. The van der Waals surface area contributed by atoms with Crippen molar-refractivity contribution in [1.82, 2.24) is 10.2 Å². The summed E-state index contributed by atoms with van der Waals surface area (Å²) in [6.07, 6.45) is 2.58. The lowest BCUT2D eigenvalue weighted by Crippen LogP contribution is -2.52. The van der Waals surface area contributed by atoms with Gasteiger partial charge in [0.1, 0.15) is 5.82 Å². The van der Waals surface area contributed by atoms with E-state index in [9.17, 15) is 22.4 Å². The Labute approximate surface area is 238 Å². The summed E-state index contributed by atoms with van der Waals surface area (Å²) in [5.74, 6) is -0.915. The van der Waals surface area contributed by atoms with Gasteiger partial charge in [-0.15, -0.1) is 6.58 Å². The standard InChI is InChI=1S/C30H29ClFN3O4S/c1-3-28-30(14-16-34(17-15-30)20(2)36)25-18-21(29(37)33-19-22-6-4-5-7-26(22)31)8-13-27(25)35(28)40(38,39)24-11-9-23(32)10-12-24/h3-13,18,28H,1,14-17,19H2,2H3,(H,33,37). The number of rotatable bonds is 6. The zero-order valence-corrected chi connectivity index (χ0v) is 23.5. The van der Waals surface area contributed by atoms with Gasteiger partial charge in [-0.25, -0.2) is 12.8 Å². The fourth-order valence-electron chi connectivity index (χ4n) is 5.83. The molecule has 0 aliphatic carbocycles. The van der Waals surface area contributed by atoms with Crippen molar-refractivity contribution in [3.8, 4) is 0 Å². The Morgan fingerprint density at radius 2 is 1.77 bits per heavy atom. The summed E-state index contributed by atoms with van der Waals surface area (Å²) >= 11 is 6.24. The summed E-state index contributed by atoms with van der Waals surface area (Å²) in [6, 6.07) is 16.2. The van der Waals surface area contributed by atoms with Crippen LogP contribution < -0.4 is 9.62 Å². The monoisotopic (exact) mass is 581 g/mol. The van der Waals surface area contributed by atoms with Crippen LogP contribution in [-0.2, 0) is 26.8 Å². The Morgan fingerprint density at radius 1 is 1.10 bits per heavy atom. The highest BCUT2D eigenvalue weighted by molar-refractivity contribution is 7.93. The van der Waals surface area contributed by atoms with Crippen LogP contribution in [0.25, 0.3) is 0 Å². The van der Waals surface area contributed by atoms with Gasteiger partial charge in [0.25, 0.3) is 15.9 Å². The SMILES string of the molecule is C=CC1N(S(=O)(=O)c2ccc(F)cc2)c2ccc(C(=O)NCc3ccccc3Cl)cc2C12CCN(C(C)=O)CC2. The number of benzene rings is 3. The highest BCUT2D eigenvalue weighted by Gasteiger charge is 2.54. The molecule has 208 valence electrons. The van der Waals surface area contributed by atoms with Crippen molar-refractivity contribution in [2.45, 2.75) is 42.7 Å². The summed E-state index contributed by atoms with van der Waals surface area (Å²) in [4.78, 5) is 27.0. The topological polar surface area (TPSA) is 86.8 Å². The van der Waals surface area contributed by atoms with E-state index in [1.54, 1.807) is 35.2 Å². The van der Waals surface area contributed by atoms with Crippen molar-refractivity contribution in [2.24, 2.45) is 0 Å². The Bertz CT molecular complexity index is 1580. The van der Waals surface area contributed by atoms with E-state index in [0.29, 0.717) is 47.8 Å². The molecule has 5 rings (SSSR count). The minimum absolute atomic E-state index is 0.0493. The maximum absolute atomic E-state index is 14.0. The number of nitrogens with zero attached hydrogens (tertiary/aromatic N) is 2. The molecule has 2 aliphatic rings. The molecule has 2 aliphatic heterocycles. The van der Waals surface area contributed by atoms with Crippen LogP contribution in [0.2, 0.25) is 5.02 Å². The number of fused-ring (bicyclic) bond motifs is 2.